The SMILES string of the molecule is [C-]#[N+]C1=C(c2ccc([N+]#[C-])cc2)/C(=C(/C#N)c2c(F)c(C)c([N+]#[C-])c(F)c2F)c2cc3c(cc21)/C(=C(\[N+]#[C-])c1c(C)c(C)c(C#N)c(F)c1F)C(c1ccc(C#N)cc1)=C3C#N. The molecule has 0 radical (unpaired) electrons. The fourth-order valence-corrected chi connectivity index (χ4v) is 7.85. The van der Waals surface area contributed by atoms with Gasteiger partial charge in [0.1, 0.15) is 24.0 Å². The minimum absolute atomic E-state index is 0.00104. The summed E-state index contributed by atoms with van der Waals surface area (Å²) in [6, 6.07) is 21.8. The molecule has 0 unspecified atom stereocenters. The van der Waals surface area contributed by atoms with Crippen molar-refractivity contribution in [1.82, 2.24) is 0 Å². The molecule has 0 amide bonds. The van der Waals surface area contributed by atoms with E-state index in [1.165, 1.54) is 74.5 Å². The average Bonchev–Trinajstić information content (AvgIpc) is 3.78. The van der Waals surface area contributed by atoms with Crippen molar-refractivity contribution in [2.45, 2.75) is 20.8 Å². The molecule has 2 aliphatic rings. The quantitative estimate of drug-likeness (QED) is 0.0778. The Morgan fingerprint density at radius 2 is 1.15 bits per heavy atom. The number of benzene rings is 5. The number of allylic oxidation sites excluding steroid dienone is 6. The molecular formula is C49H19F5N8. The van der Waals surface area contributed by atoms with Gasteiger partial charge in [-0.05, 0) is 111 Å². The highest BCUT2D eigenvalue weighted by Gasteiger charge is 2.39. The predicted molar refractivity (Wildman–Crippen MR) is 220 cm³/mol. The largest absolute Gasteiger partial charge is 0.238 e. The highest BCUT2D eigenvalue weighted by Crippen LogP contribution is 2.57. The molecule has 62 heavy (non-hydrogen) atoms. The Morgan fingerprint density at radius 1 is 0.548 bits per heavy atom. The summed E-state index contributed by atoms with van der Waals surface area (Å²) >= 11 is 0. The zero-order valence-electron chi connectivity index (χ0n) is 32.2. The van der Waals surface area contributed by atoms with Gasteiger partial charge in [-0.2, -0.15) is 21.0 Å². The molecule has 5 aromatic rings. The lowest BCUT2D eigenvalue weighted by molar-refractivity contribution is 0.493. The van der Waals surface area contributed by atoms with Crippen molar-refractivity contribution in [3.8, 4) is 24.3 Å². The van der Waals surface area contributed by atoms with Crippen molar-refractivity contribution in [2.24, 2.45) is 0 Å². The summed E-state index contributed by atoms with van der Waals surface area (Å²) in [6.45, 7) is 35.4. The van der Waals surface area contributed by atoms with Crippen molar-refractivity contribution < 1.29 is 22.0 Å². The summed E-state index contributed by atoms with van der Waals surface area (Å²) in [5.41, 5.74) is -4.83. The highest BCUT2D eigenvalue weighted by molar-refractivity contribution is 6.33. The molecule has 0 spiro atoms. The lowest BCUT2D eigenvalue weighted by Gasteiger charge is -2.18. The molecule has 0 aliphatic heterocycles. The Kier molecular flexibility index (Phi) is 10.2. The van der Waals surface area contributed by atoms with Gasteiger partial charge in [0.05, 0.1) is 60.2 Å². The van der Waals surface area contributed by atoms with E-state index in [1.807, 2.05) is 6.07 Å². The highest BCUT2D eigenvalue weighted by atomic mass is 19.2. The van der Waals surface area contributed by atoms with Gasteiger partial charge < -0.3 is 0 Å². The van der Waals surface area contributed by atoms with Crippen LogP contribution in [0.1, 0.15) is 72.3 Å². The molecular weight excluding hydrogens is 796 g/mol. The fraction of sp³-hybridized carbons (Fsp3) is 0.0612. The molecule has 0 N–H and O–H groups in total. The van der Waals surface area contributed by atoms with Crippen LogP contribution in [0.2, 0.25) is 0 Å². The number of fused-ring (bicyclic) bond motifs is 2. The van der Waals surface area contributed by atoms with Crippen molar-refractivity contribution in [3.63, 3.8) is 0 Å². The molecule has 7 rings (SSSR count). The smallest absolute Gasteiger partial charge is 0.230 e. The van der Waals surface area contributed by atoms with Crippen LogP contribution < -0.4 is 0 Å². The van der Waals surface area contributed by atoms with Crippen molar-refractivity contribution in [2.75, 3.05) is 0 Å². The summed E-state index contributed by atoms with van der Waals surface area (Å²) in [6.07, 6.45) is 0. The van der Waals surface area contributed by atoms with Gasteiger partial charge >= 0.3 is 0 Å². The van der Waals surface area contributed by atoms with Crippen LogP contribution in [0.3, 0.4) is 0 Å². The fourth-order valence-electron chi connectivity index (χ4n) is 7.85. The second-order valence-corrected chi connectivity index (χ2v) is 13.8. The molecule has 290 valence electrons. The summed E-state index contributed by atoms with van der Waals surface area (Å²) in [5, 5.41) is 40.9. The van der Waals surface area contributed by atoms with Crippen molar-refractivity contribution in [3.05, 3.63) is 208 Å². The third-order valence-electron chi connectivity index (χ3n) is 10.9. The second-order valence-electron chi connectivity index (χ2n) is 13.8. The van der Waals surface area contributed by atoms with E-state index >= 15 is 22.0 Å². The minimum Gasteiger partial charge on any atom is -0.238 e. The first-order chi connectivity index (χ1) is 29.8. The first-order valence-corrected chi connectivity index (χ1v) is 17.9. The minimum atomic E-state index is -1.85. The number of halogens is 5. The molecule has 0 aromatic heterocycles. The van der Waals surface area contributed by atoms with E-state index in [0.29, 0.717) is 0 Å². The lowest BCUT2D eigenvalue weighted by atomic mass is 9.86. The van der Waals surface area contributed by atoms with E-state index in [9.17, 15) is 21.0 Å². The maximum atomic E-state index is 16.3. The molecule has 8 nitrogen and oxygen atoms in total. The van der Waals surface area contributed by atoms with Crippen LogP contribution in [-0.4, -0.2) is 0 Å². The molecule has 0 bridgehead atoms. The number of rotatable bonds is 4. The molecule has 0 saturated heterocycles. The molecule has 0 heterocycles. The van der Waals surface area contributed by atoms with Crippen LogP contribution in [0.25, 0.3) is 64.2 Å². The summed E-state index contributed by atoms with van der Waals surface area (Å²) in [4.78, 5) is 13.8. The number of hydrogen-bond acceptors (Lipinski definition) is 4. The number of hydrogen-bond donors (Lipinski definition) is 0. The summed E-state index contributed by atoms with van der Waals surface area (Å²) < 4.78 is 79.7. The molecule has 13 heteroatoms. The molecule has 0 fully saturated rings. The maximum absolute atomic E-state index is 16.3. The summed E-state index contributed by atoms with van der Waals surface area (Å²) in [5.74, 6) is -8.00. The van der Waals surface area contributed by atoms with Gasteiger partial charge in [-0.1, -0.05) is 42.5 Å². The van der Waals surface area contributed by atoms with Gasteiger partial charge in [-0.25, -0.2) is 41.3 Å². The number of nitriles is 4. The first kappa shape index (κ1) is 40.8. The Hall–Kier alpha value is -9.37. The van der Waals surface area contributed by atoms with Crippen LogP contribution in [0.5, 0.6) is 0 Å². The average molecular weight is 815 g/mol. The third-order valence-corrected chi connectivity index (χ3v) is 10.9. The topological polar surface area (TPSA) is 113 Å². The third kappa shape index (κ3) is 5.80. The Morgan fingerprint density at radius 3 is 1.69 bits per heavy atom. The second kappa shape index (κ2) is 15.4. The van der Waals surface area contributed by atoms with Gasteiger partial charge in [0.15, 0.2) is 29.0 Å². The Balaban J connectivity index is 1.71. The Labute approximate surface area is 351 Å². The lowest BCUT2D eigenvalue weighted by Crippen LogP contribution is -2.05. The van der Waals surface area contributed by atoms with Crippen LogP contribution in [0.15, 0.2) is 60.7 Å². The van der Waals surface area contributed by atoms with E-state index in [2.05, 4.69) is 25.4 Å². The van der Waals surface area contributed by atoms with Gasteiger partial charge in [0, 0.05) is 5.56 Å². The van der Waals surface area contributed by atoms with Crippen LogP contribution >= 0.6 is 0 Å². The maximum Gasteiger partial charge on any atom is 0.230 e. The van der Waals surface area contributed by atoms with Crippen LogP contribution in [-0.2, 0) is 0 Å². The van der Waals surface area contributed by atoms with Crippen molar-refractivity contribution >= 4 is 56.2 Å². The van der Waals surface area contributed by atoms with E-state index in [-0.39, 0.29) is 89.3 Å². The molecule has 0 saturated carbocycles. The van der Waals surface area contributed by atoms with E-state index < -0.39 is 68.3 Å². The van der Waals surface area contributed by atoms with E-state index in [0.717, 1.165) is 6.92 Å². The van der Waals surface area contributed by atoms with Gasteiger partial charge in [-0.3, -0.25) is 0 Å². The van der Waals surface area contributed by atoms with Crippen LogP contribution in [0.4, 0.5) is 33.3 Å². The summed E-state index contributed by atoms with van der Waals surface area (Å²) in [7, 11) is 0. The van der Waals surface area contributed by atoms with Crippen LogP contribution in [0, 0.1) is 121 Å². The standard InChI is InChI=1S/C49H19F5N8/c1-22-23(2)36(44(52)43(51)33(22)19-56)49(62-7)40-30-17-32-31(16-29(30)34(20-57)37(40)26-10-8-25(18-55)9-11-26)39(38(48(32)61-6)27-12-14-28(59-4)15-13-27)35(21-58)41-42(50)24(3)47(60-5)46(54)45(41)53/h8-17H,1-3H3/b39-35-,49-40+. The van der Waals surface area contributed by atoms with Gasteiger partial charge in [0.2, 0.25) is 17.1 Å². The molecule has 0 atom stereocenters. The van der Waals surface area contributed by atoms with Gasteiger partial charge in [0.25, 0.3) is 0 Å². The monoisotopic (exact) mass is 814 g/mol. The zero-order chi connectivity index (χ0) is 44.9. The van der Waals surface area contributed by atoms with Gasteiger partial charge in [-0.15, -0.1) is 0 Å². The Bertz CT molecular complexity index is 3150. The molecule has 2 aliphatic carbocycles. The first-order valence-electron chi connectivity index (χ1n) is 17.9. The zero-order valence-corrected chi connectivity index (χ0v) is 32.2. The predicted octanol–water partition coefficient (Wildman–Crippen LogP) is 12.6. The molecule has 5 aromatic carbocycles. The normalized spacial score (nSPS) is 13.9. The van der Waals surface area contributed by atoms with E-state index in [1.54, 1.807) is 12.1 Å². The van der Waals surface area contributed by atoms with E-state index in [4.69, 9.17) is 26.3 Å². The number of nitrogens with zero attached hydrogens (tertiary/aromatic N) is 8. The van der Waals surface area contributed by atoms with Crippen molar-refractivity contribution in [1.29, 1.82) is 21.0 Å².